The van der Waals surface area contributed by atoms with Crippen LogP contribution in [-0.2, 0) is 0 Å². The number of halogens is 2. The summed E-state index contributed by atoms with van der Waals surface area (Å²) in [6, 6.07) is 2.60. The Morgan fingerprint density at radius 1 is 1.30 bits per heavy atom. The first kappa shape index (κ1) is 14.5. The van der Waals surface area contributed by atoms with Crippen molar-refractivity contribution < 1.29 is 13.5 Å². The van der Waals surface area contributed by atoms with Gasteiger partial charge in [-0.1, -0.05) is 6.07 Å². The molecular formula is C14H17F2N3O. The molecule has 1 atom stereocenters. The summed E-state index contributed by atoms with van der Waals surface area (Å²) in [6.45, 7) is 3.87. The molecule has 1 aromatic heterocycles. The summed E-state index contributed by atoms with van der Waals surface area (Å²) in [7, 11) is 1.50. The van der Waals surface area contributed by atoms with Crippen LogP contribution in [0.2, 0.25) is 0 Å². The molecule has 6 heteroatoms. The van der Waals surface area contributed by atoms with E-state index in [2.05, 4.69) is 5.10 Å². The Morgan fingerprint density at radius 3 is 2.55 bits per heavy atom. The normalized spacial score (nSPS) is 12.8. The summed E-state index contributed by atoms with van der Waals surface area (Å²) in [6.07, 6.45) is 1.54. The van der Waals surface area contributed by atoms with Crippen molar-refractivity contribution in [2.24, 2.45) is 5.73 Å². The summed E-state index contributed by atoms with van der Waals surface area (Å²) in [5.74, 6) is -0.839. The minimum atomic E-state index is -0.782. The minimum Gasteiger partial charge on any atom is -0.493 e. The highest BCUT2D eigenvalue weighted by molar-refractivity contribution is 5.37. The quantitative estimate of drug-likeness (QED) is 0.937. The molecule has 1 unspecified atom stereocenters. The van der Waals surface area contributed by atoms with E-state index in [1.807, 2.05) is 13.8 Å². The smallest absolute Gasteiger partial charge is 0.161 e. The molecular weight excluding hydrogens is 264 g/mol. The summed E-state index contributed by atoms with van der Waals surface area (Å²) >= 11 is 0. The van der Waals surface area contributed by atoms with Gasteiger partial charge in [-0.05, 0) is 19.9 Å². The monoisotopic (exact) mass is 281 g/mol. The van der Waals surface area contributed by atoms with Crippen LogP contribution in [0.4, 0.5) is 8.78 Å². The fraction of sp³-hybridized carbons (Fsp3) is 0.357. The Kier molecular flexibility index (Phi) is 4.04. The van der Waals surface area contributed by atoms with Crippen molar-refractivity contribution in [1.29, 1.82) is 0 Å². The average molecular weight is 281 g/mol. The fourth-order valence-electron chi connectivity index (χ4n) is 2.12. The van der Waals surface area contributed by atoms with Crippen molar-refractivity contribution in [1.82, 2.24) is 9.78 Å². The first-order chi connectivity index (χ1) is 9.45. The van der Waals surface area contributed by atoms with Gasteiger partial charge in [-0.25, -0.2) is 8.78 Å². The maximum absolute atomic E-state index is 13.9. The highest BCUT2D eigenvalue weighted by Crippen LogP contribution is 2.31. The number of nitrogens with two attached hydrogens (primary N) is 1. The summed E-state index contributed by atoms with van der Waals surface area (Å²) in [4.78, 5) is 0. The van der Waals surface area contributed by atoms with Crippen LogP contribution in [0, 0.1) is 11.6 Å². The van der Waals surface area contributed by atoms with Gasteiger partial charge in [0, 0.05) is 17.7 Å². The Balaban J connectivity index is 2.52. The third-order valence-electron chi connectivity index (χ3n) is 3.10. The second-order valence-corrected chi connectivity index (χ2v) is 4.78. The average Bonchev–Trinajstić information content (AvgIpc) is 2.81. The molecule has 0 fully saturated rings. The number of aromatic nitrogens is 2. The zero-order valence-electron chi connectivity index (χ0n) is 11.6. The third kappa shape index (κ3) is 2.51. The molecule has 0 aliphatic heterocycles. The molecule has 0 saturated heterocycles. The Hall–Kier alpha value is -1.95. The number of benzene rings is 1. The van der Waals surface area contributed by atoms with Gasteiger partial charge in [-0.3, -0.25) is 4.68 Å². The largest absolute Gasteiger partial charge is 0.493 e. The van der Waals surface area contributed by atoms with E-state index in [0.717, 1.165) is 6.07 Å². The molecule has 0 saturated carbocycles. The summed E-state index contributed by atoms with van der Waals surface area (Å²) in [5.41, 5.74) is 6.89. The molecule has 4 nitrogen and oxygen atoms in total. The van der Waals surface area contributed by atoms with Crippen molar-refractivity contribution in [2.45, 2.75) is 25.9 Å². The molecule has 0 bridgehead atoms. The number of hydrogen-bond donors (Lipinski definition) is 1. The number of ether oxygens (including phenoxy) is 1. The lowest BCUT2D eigenvalue weighted by atomic mass is 10.0. The van der Waals surface area contributed by atoms with Crippen LogP contribution in [0.15, 0.2) is 24.4 Å². The van der Waals surface area contributed by atoms with Crippen LogP contribution in [0.5, 0.6) is 5.75 Å². The van der Waals surface area contributed by atoms with Crippen molar-refractivity contribution in [2.75, 3.05) is 7.11 Å². The molecule has 1 aromatic carbocycles. The summed E-state index contributed by atoms with van der Waals surface area (Å²) < 4.78 is 33.7. The van der Waals surface area contributed by atoms with Gasteiger partial charge in [0.05, 0.1) is 19.3 Å². The molecule has 2 rings (SSSR count). The van der Waals surface area contributed by atoms with Crippen LogP contribution >= 0.6 is 0 Å². The second kappa shape index (κ2) is 5.58. The molecule has 0 aliphatic rings. The van der Waals surface area contributed by atoms with Crippen molar-refractivity contribution in [3.8, 4) is 5.75 Å². The number of hydrogen-bond acceptors (Lipinski definition) is 3. The molecule has 2 aromatic rings. The van der Waals surface area contributed by atoms with Gasteiger partial charge in [-0.2, -0.15) is 5.10 Å². The van der Waals surface area contributed by atoms with E-state index < -0.39 is 17.7 Å². The van der Waals surface area contributed by atoms with Gasteiger partial charge in [0.2, 0.25) is 0 Å². The van der Waals surface area contributed by atoms with Crippen LogP contribution in [0.25, 0.3) is 0 Å². The first-order valence-electron chi connectivity index (χ1n) is 6.27. The maximum Gasteiger partial charge on any atom is 0.161 e. The lowest BCUT2D eigenvalue weighted by molar-refractivity contribution is 0.400. The van der Waals surface area contributed by atoms with E-state index in [4.69, 9.17) is 10.5 Å². The second-order valence-electron chi connectivity index (χ2n) is 4.78. The Morgan fingerprint density at radius 2 is 2.00 bits per heavy atom. The zero-order chi connectivity index (χ0) is 14.9. The lowest BCUT2D eigenvalue weighted by Gasteiger charge is -2.18. The van der Waals surface area contributed by atoms with Crippen LogP contribution < -0.4 is 10.5 Å². The molecule has 1 heterocycles. The molecule has 20 heavy (non-hydrogen) atoms. The predicted octanol–water partition coefficient (Wildman–Crippen LogP) is 2.80. The van der Waals surface area contributed by atoms with E-state index in [1.165, 1.54) is 25.4 Å². The van der Waals surface area contributed by atoms with Crippen molar-refractivity contribution in [3.63, 3.8) is 0 Å². The Labute approximate surface area is 116 Å². The van der Waals surface area contributed by atoms with Crippen LogP contribution in [0.3, 0.4) is 0 Å². The van der Waals surface area contributed by atoms with Gasteiger partial charge >= 0.3 is 0 Å². The van der Waals surface area contributed by atoms with E-state index in [0.29, 0.717) is 11.4 Å². The fourth-order valence-corrected chi connectivity index (χ4v) is 2.12. The number of methoxy groups -OCH3 is 1. The van der Waals surface area contributed by atoms with Crippen molar-refractivity contribution in [3.05, 3.63) is 47.3 Å². The van der Waals surface area contributed by atoms with Crippen LogP contribution in [-0.4, -0.2) is 16.9 Å². The van der Waals surface area contributed by atoms with Crippen LogP contribution in [0.1, 0.15) is 37.2 Å². The molecule has 0 radical (unpaired) electrons. The first-order valence-corrected chi connectivity index (χ1v) is 6.27. The van der Waals surface area contributed by atoms with E-state index in [1.54, 1.807) is 4.68 Å². The van der Waals surface area contributed by atoms with E-state index in [9.17, 15) is 8.78 Å². The number of nitrogens with zero attached hydrogens (tertiary/aromatic N) is 2. The summed E-state index contributed by atoms with van der Waals surface area (Å²) in [5, 5.41) is 4.20. The van der Waals surface area contributed by atoms with Gasteiger partial charge in [0.25, 0.3) is 0 Å². The van der Waals surface area contributed by atoms with E-state index in [-0.39, 0.29) is 11.6 Å². The molecule has 0 amide bonds. The van der Waals surface area contributed by atoms with Crippen molar-refractivity contribution >= 4 is 0 Å². The highest BCUT2D eigenvalue weighted by Gasteiger charge is 2.24. The topological polar surface area (TPSA) is 53.1 Å². The van der Waals surface area contributed by atoms with Gasteiger partial charge < -0.3 is 10.5 Å². The molecule has 108 valence electrons. The Bertz CT molecular complexity index is 610. The zero-order valence-corrected chi connectivity index (χ0v) is 11.6. The minimum absolute atomic E-state index is 0.0449. The molecule has 0 aliphatic carbocycles. The lowest BCUT2D eigenvalue weighted by Crippen LogP contribution is -2.20. The maximum atomic E-state index is 13.9. The highest BCUT2D eigenvalue weighted by atomic mass is 19.1. The predicted molar refractivity (Wildman–Crippen MR) is 71.6 cm³/mol. The molecule has 0 spiro atoms. The standard InChI is InChI=1S/C14H17F2N3O/c1-8(2)19-14(12(20-3)7-18-19)13(17)10-5-4-9(15)6-11(10)16/h4-8,13H,17H2,1-3H3. The molecule has 2 N–H and O–H groups in total. The number of rotatable bonds is 4. The third-order valence-corrected chi connectivity index (χ3v) is 3.10. The van der Waals surface area contributed by atoms with Gasteiger partial charge in [-0.15, -0.1) is 0 Å². The SMILES string of the molecule is COc1cnn(C(C)C)c1C(N)c1ccc(F)cc1F. The van der Waals surface area contributed by atoms with E-state index >= 15 is 0 Å². The van der Waals surface area contributed by atoms with Gasteiger partial charge in [0.15, 0.2) is 5.75 Å². The van der Waals surface area contributed by atoms with Gasteiger partial charge in [0.1, 0.15) is 17.3 Å².